The fourth-order valence-corrected chi connectivity index (χ4v) is 4.89. The van der Waals surface area contributed by atoms with Crippen LogP contribution in [-0.2, 0) is 14.3 Å². The Morgan fingerprint density at radius 2 is 1.48 bits per heavy atom. The van der Waals surface area contributed by atoms with Crippen LogP contribution in [0.25, 0.3) is 0 Å². The van der Waals surface area contributed by atoms with Crippen molar-refractivity contribution in [1.29, 1.82) is 0 Å². The molecule has 0 aromatic heterocycles. The van der Waals surface area contributed by atoms with Crippen LogP contribution in [-0.4, -0.2) is 69.2 Å². The Morgan fingerprint density at radius 3 is 2.09 bits per heavy atom. The summed E-state index contributed by atoms with van der Waals surface area (Å²) in [7, 11) is 0. The minimum Gasteiger partial charge on any atom is -0.466 e. The van der Waals surface area contributed by atoms with Crippen LogP contribution in [0.1, 0.15) is 78.1 Å². The molecule has 0 rings (SSSR count). The number of nitrogens with zero attached hydrogens (tertiary/aromatic N) is 1. The molecule has 0 N–H and O–H groups in total. The second kappa shape index (κ2) is 20.8. The number of halogens is 6. The van der Waals surface area contributed by atoms with Crippen molar-refractivity contribution in [1.82, 2.24) is 4.90 Å². The fraction of sp³-hybridized carbons (Fsp3) is 0.913. The first-order valence-electron chi connectivity index (χ1n) is 11.8. The molecule has 0 heterocycles. The molecule has 33 heavy (non-hydrogen) atoms. The van der Waals surface area contributed by atoms with Gasteiger partial charge in [-0.3, -0.25) is 9.59 Å². The van der Waals surface area contributed by atoms with Crippen molar-refractivity contribution in [3.05, 3.63) is 0 Å². The summed E-state index contributed by atoms with van der Waals surface area (Å²) in [6, 6.07) is 0. The summed E-state index contributed by atoms with van der Waals surface area (Å²) in [5, 5.41) is -0.300. The molecule has 0 saturated carbocycles. The van der Waals surface area contributed by atoms with Gasteiger partial charge in [-0.2, -0.15) is 0 Å². The normalized spacial score (nSPS) is 16.0. The van der Waals surface area contributed by atoms with Gasteiger partial charge in [0.05, 0.1) is 6.61 Å². The van der Waals surface area contributed by atoms with E-state index in [-0.39, 0.29) is 57.7 Å². The number of esters is 1. The van der Waals surface area contributed by atoms with Gasteiger partial charge in [-0.1, -0.05) is 13.3 Å². The second-order valence-corrected chi connectivity index (χ2v) is 11.4. The van der Waals surface area contributed by atoms with Gasteiger partial charge < -0.3 is 9.64 Å². The number of carbonyl (C=O) groups excluding carboxylic acids is 2. The molecule has 0 aliphatic carbocycles. The minimum absolute atomic E-state index is 0.0414. The van der Waals surface area contributed by atoms with E-state index in [1.54, 1.807) is 4.90 Å². The maximum atomic E-state index is 11.9. The fourth-order valence-electron chi connectivity index (χ4n) is 3.27. The molecule has 0 radical (unpaired) electrons. The molecule has 0 bridgehead atoms. The molecule has 4 nitrogen and oxygen atoms in total. The number of carbonyl (C=O) groups is 2. The van der Waals surface area contributed by atoms with Crippen molar-refractivity contribution < 1.29 is 14.3 Å². The summed E-state index contributed by atoms with van der Waals surface area (Å²) in [5.74, 6) is -0.449. The number of rotatable bonds is 20. The van der Waals surface area contributed by atoms with E-state index < -0.39 is 0 Å². The molecule has 0 aliphatic heterocycles. The first kappa shape index (κ1) is 33.7. The summed E-state index contributed by atoms with van der Waals surface area (Å²) in [6.07, 6.45) is 7.01. The summed E-state index contributed by atoms with van der Waals surface area (Å²) >= 11 is 37.3. The van der Waals surface area contributed by atoms with Gasteiger partial charge in [0.1, 0.15) is 5.88 Å². The first-order chi connectivity index (χ1) is 15.6. The molecule has 196 valence electrons. The van der Waals surface area contributed by atoms with Crippen molar-refractivity contribution in [2.45, 2.75) is 105 Å². The first-order valence-corrected chi connectivity index (χ1v) is 14.6. The maximum absolute atomic E-state index is 11.9. The van der Waals surface area contributed by atoms with Crippen molar-refractivity contribution in [2.75, 3.05) is 25.6 Å². The number of alkyl halides is 6. The molecule has 0 aromatic rings. The molecule has 10 heteroatoms. The Bertz CT molecular complexity index is 528. The Kier molecular flexibility index (Phi) is 21.3. The molecular weight excluding hydrogens is 551 g/mol. The molecule has 0 saturated heterocycles. The van der Waals surface area contributed by atoms with E-state index >= 15 is 0 Å². The van der Waals surface area contributed by atoms with Gasteiger partial charge in [0.25, 0.3) is 0 Å². The predicted molar refractivity (Wildman–Crippen MR) is 144 cm³/mol. The highest BCUT2D eigenvalue weighted by molar-refractivity contribution is 6.30. The van der Waals surface area contributed by atoms with Crippen molar-refractivity contribution in [3.8, 4) is 0 Å². The highest BCUT2D eigenvalue weighted by Crippen LogP contribution is 2.26. The lowest BCUT2D eigenvalue weighted by molar-refractivity contribution is -0.144. The van der Waals surface area contributed by atoms with Crippen molar-refractivity contribution in [2.24, 2.45) is 0 Å². The molecule has 0 aromatic carbocycles. The highest BCUT2D eigenvalue weighted by Gasteiger charge is 2.20. The smallest absolute Gasteiger partial charge is 0.305 e. The van der Waals surface area contributed by atoms with Gasteiger partial charge >= 0.3 is 5.97 Å². The number of hydrogen-bond donors (Lipinski definition) is 0. The SMILES string of the molecule is CCC(Cl)CC(Cl)CCCC(Cl)C(Cl)CCC(Cl)CCC(=O)OCCCN(CC)C(=O)CCl. The van der Waals surface area contributed by atoms with Crippen LogP contribution in [0, 0.1) is 0 Å². The molecule has 5 unspecified atom stereocenters. The summed E-state index contributed by atoms with van der Waals surface area (Å²) in [5.41, 5.74) is 0. The topological polar surface area (TPSA) is 46.6 Å². The second-order valence-electron chi connectivity index (χ2n) is 8.20. The van der Waals surface area contributed by atoms with E-state index in [9.17, 15) is 9.59 Å². The van der Waals surface area contributed by atoms with E-state index in [2.05, 4.69) is 6.92 Å². The average Bonchev–Trinajstić information content (AvgIpc) is 2.80. The lowest BCUT2D eigenvalue weighted by Crippen LogP contribution is -2.33. The monoisotopic (exact) mass is 587 g/mol. The zero-order valence-electron chi connectivity index (χ0n) is 19.7. The third kappa shape index (κ3) is 17.7. The van der Waals surface area contributed by atoms with Gasteiger partial charge in [0.2, 0.25) is 5.91 Å². The lowest BCUT2D eigenvalue weighted by Gasteiger charge is -2.19. The third-order valence-electron chi connectivity index (χ3n) is 5.45. The van der Waals surface area contributed by atoms with Gasteiger partial charge in [-0.05, 0) is 58.3 Å². The Balaban J connectivity index is 3.92. The standard InChI is InChI=1S/C23H39Cl6NO3/c1-3-17(25)15-19(27)7-5-8-20(28)21(29)11-9-18(26)10-12-23(32)33-14-6-13-30(4-2)22(31)16-24/h17-21H,3-16H2,1-2H3. The zero-order valence-corrected chi connectivity index (χ0v) is 24.3. The van der Waals surface area contributed by atoms with E-state index in [0.29, 0.717) is 38.8 Å². The van der Waals surface area contributed by atoms with Crippen LogP contribution in [0.4, 0.5) is 0 Å². The van der Waals surface area contributed by atoms with Crippen LogP contribution in [0.5, 0.6) is 0 Å². The van der Waals surface area contributed by atoms with Gasteiger partial charge in [0, 0.05) is 46.4 Å². The maximum Gasteiger partial charge on any atom is 0.305 e. The third-order valence-corrected chi connectivity index (χ3v) is 8.17. The van der Waals surface area contributed by atoms with Crippen LogP contribution >= 0.6 is 69.6 Å². The van der Waals surface area contributed by atoms with E-state index in [1.807, 2.05) is 6.92 Å². The Hall–Kier alpha value is 0.680. The minimum atomic E-state index is -0.289. The molecule has 0 fully saturated rings. The summed E-state index contributed by atoms with van der Waals surface area (Å²) in [4.78, 5) is 25.1. The van der Waals surface area contributed by atoms with Crippen molar-refractivity contribution in [3.63, 3.8) is 0 Å². The van der Waals surface area contributed by atoms with Crippen molar-refractivity contribution >= 4 is 81.5 Å². The summed E-state index contributed by atoms with van der Waals surface area (Å²) < 4.78 is 5.22. The summed E-state index contributed by atoms with van der Waals surface area (Å²) in [6.45, 7) is 5.30. The van der Waals surface area contributed by atoms with Gasteiger partial charge in [-0.15, -0.1) is 69.6 Å². The molecule has 0 aliphatic rings. The van der Waals surface area contributed by atoms with E-state index in [4.69, 9.17) is 74.3 Å². The van der Waals surface area contributed by atoms with Gasteiger partial charge in [0.15, 0.2) is 0 Å². The van der Waals surface area contributed by atoms with E-state index in [1.165, 1.54) is 0 Å². The average molecular weight is 590 g/mol. The molecular formula is C23H39Cl6NO3. The predicted octanol–water partition coefficient (Wildman–Crippen LogP) is 7.57. The number of ether oxygens (including phenoxy) is 1. The zero-order chi connectivity index (χ0) is 25.2. The van der Waals surface area contributed by atoms with Crippen LogP contribution < -0.4 is 0 Å². The highest BCUT2D eigenvalue weighted by atomic mass is 35.5. The van der Waals surface area contributed by atoms with Crippen LogP contribution in [0.3, 0.4) is 0 Å². The number of amides is 1. The molecule has 5 atom stereocenters. The molecule has 1 amide bonds. The lowest BCUT2D eigenvalue weighted by atomic mass is 10.0. The van der Waals surface area contributed by atoms with E-state index in [0.717, 1.165) is 32.1 Å². The van der Waals surface area contributed by atoms with Gasteiger partial charge in [-0.25, -0.2) is 0 Å². The Morgan fingerprint density at radius 1 is 0.818 bits per heavy atom. The quantitative estimate of drug-likeness (QED) is 0.0835. The van der Waals surface area contributed by atoms with Crippen LogP contribution in [0.2, 0.25) is 0 Å². The Labute approximate surface area is 230 Å². The number of hydrogen-bond acceptors (Lipinski definition) is 3. The van der Waals surface area contributed by atoms with Crippen LogP contribution in [0.15, 0.2) is 0 Å². The largest absolute Gasteiger partial charge is 0.466 e. The molecule has 0 spiro atoms.